The molecule has 5 rings (SSSR count). The Morgan fingerprint density at radius 3 is 2.37 bits per heavy atom. The number of alkyl halides is 2. The van der Waals surface area contributed by atoms with Gasteiger partial charge >= 0.3 is 6.55 Å². The van der Waals surface area contributed by atoms with Crippen molar-refractivity contribution >= 4 is 33.7 Å². The minimum Gasteiger partial charge on any atom is -0.493 e. The average molecular weight is 495 g/mol. The molecule has 0 spiro atoms. The van der Waals surface area contributed by atoms with Crippen molar-refractivity contribution in [3.8, 4) is 17.2 Å². The van der Waals surface area contributed by atoms with E-state index < -0.39 is 6.55 Å². The smallest absolute Gasteiger partial charge is 0.320 e. The second-order valence-electron chi connectivity index (χ2n) is 7.54. The van der Waals surface area contributed by atoms with Crippen LogP contribution in [0.2, 0.25) is 0 Å². The van der Waals surface area contributed by atoms with Crippen LogP contribution in [0, 0.1) is 0 Å². The highest BCUT2D eigenvalue weighted by molar-refractivity contribution is 7.98. The third kappa shape index (κ3) is 4.10. The van der Waals surface area contributed by atoms with Crippen molar-refractivity contribution in [2.45, 2.75) is 17.5 Å². The lowest BCUT2D eigenvalue weighted by atomic mass is 10.2. The number of rotatable bonds is 7. The van der Waals surface area contributed by atoms with Gasteiger partial charge in [0.05, 0.1) is 47.6 Å². The van der Waals surface area contributed by atoms with Crippen LogP contribution in [0.5, 0.6) is 11.5 Å². The Hall–Kier alpha value is -3.92. The molecule has 0 radical (unpaired) electrons. The largest absolute Gasteiger partial charge is 0.493 e. The Bertz CT molecular complexity index is 1600. The lowest BCUT2D eigenvalue weighted by Gasteiger charge is -2.15. The summed E-state index contributed by atoms with van der Waals surface area (Å²) in [5.74, 6) is 1.22. The molecular weight excluding hydrogens is 474 g/mol. The van der Waals surface area contributed by atoms with Gasteiger partial charge < -0.3 is 9.47 Å². The molecule has 3 aromatic carbocycles. The first-order chi connectivity index (χ1) is 17.0. The van der Waals surface area contributed by atoms with Crippen LogP contribution in [0.15, 0.2) is 76.7 Å². The molecule has 7 nitrogen and oxygen atoms in total. The molecule has 5 aromatic rings. The standard InChI is InChI=1S/C25H20F2N4O3S/c1-33-20-12-11-15(13-21(20)34-2)30-23(32)16-7-3-4-8-17(16)29-25(30)35-14-22-28-18-9-5-6-10-19(18)31(22)24(26)27/h3-13,24H,14H2,1-2H3. The highest BCUT2D eigenvalue weighted by atomic mass is 32.2. The zero-order valence-electron chi connectivity index (χ0n) is 18.8. The van der Waals surface area contributed by atoms with Crippen LogP contribution in [-0.2, 0) is 5.75 Å². The van der Waals surface area contributed by atoms with Gasteiger partial charge in [-0.2, -0.15) is 8.78 Å². The summed E-state index contributed by atoms with van der Waals surface area (Å²) in [6.45, 7) is -2.75. The summed E-state index contributed by atoms with van der Waals surface area (Å²) in [7, 11) is 3.03. The van der Waals surface area contributed by atoms with Crippen molar-refractivity contribution in [2.75, 3.05) is 14.2 Å². The maximum atomic E-state index is 13.9. The number of benzene rings is 3. The zero-order valence-corrected chi connectivity index (χ0v) is 19.6. The number of imidazole rings is 1. The van der Waals surface area contributed by atoms with Gasteiger partial charge in [-0.25, -0.2) is 9.97 Å². The second-order valence-corrected chi connectivity index (χ2v) is 8.49. The number of methoxy groups -OCH3 is 2. The molecule has 0 fully saturated rings. The summed E-state index contributed by atoms with van der Waals surface area (Å²) < 4.78 is 40.9. The van der Waals surface area contributed by atoms with Crippen molar-refractivity contribution < 1.29 is 18.3 Å². The number of fused-ring (bicyclic) bond motifs is 2. The van der Waals surface area contributed by atoms with E-state index in [-0.39, 0.29) is 17.1 Å². The number of hydrogen-bond donors (Lipinski definition) is 0. The number of thioether (sulfide) groups is 1. The van der Waals surface area contributed by atoms with E-state index in [4.69, 9.17) is 9.47 Å². The van der Waals surface area contributed by atoms with Crippen molar-refractivity contribution in [3.63, 3.8) is 0 Å². The fourth-order valence-corrected chi connectivity index (χ4v) is 4.89. The van der Waals surface area contributed by atoms with E-state index in [1.807, 2.05) is 0 Å². The van der Waals surface area contributed by atoms with Crippen LogP contribution in [0.25, 0.3) is 27.6 Å². The molecule has 0 saturated carbocycles. The lowest BCUT2D eigenvalue weighted by molar-refractivity contribution is 0.0722. The number of halogens is 2. The Morgan fingerprint density at radius 2 is 1.63 bits per heavy atom. The van der Waals surface area contributed by atoms with Gasteiger partial charge in [0.1, 0.15) is 5.82 Å². The molecule has 0 aliphatic heterocycles. The van der Waals surface area contributed by atoms with Gasteiger partial charge in [-0.3, -0.25) is 13.9 Å². The predicted molar refractivity (Wildman–Crippen MR) is 131 cm³/mol. The second kappa shape index (κ2) is 9.38. The maximum Gasteiger partial charge on any atom is 0.320 e. The summed E-state index contributed by atoms with van der Waals surface area (Å²) >= 11 is 1.16. The van der Waals surface area contributed by atoms with E-state index in [0.717, 1.165) is 16.3 Å². The lowest BCUT2D eigenvalue weighted by Crippen LogP contribution is -2.22. The summed E-state index contributed by atoms with van der Waals surface area (Å²) in [6.07, 6.45) is 0. The molecule has 0 N–H and O–H groups in total. The molecule has 0 aliphatic carbocycles. The van der Waals surface area contributed by atoms with Crippen molar-refractivity contribution in [2.24, 2.45) is 0 Å². The van der Waals surface area contributed by atoms with E-state index in [2.05, 4.69) is 9.97 Å². The van der Waals surface area contributed by atoms with Gasteiger partial charge in [0.2, 0.25) is 0 Å². The average Bonchev–Trinajstić information content (AvgIpc) is 3.26. The van der Waals surface area contributed by atoms with Crippen molar-refractivity contribution in [1.82, 2.24) is 19.1 Å². The summed E-state index contributed by atoms with van der Waals surface area (Å²) in [4.78, 5) is 22.6. The summed E-state index contributed by atoms with van der Waals surface area (Å²) in [6, 6.07) is 18.8. The van der Waals surface area contributed by atoms with E-state index >= 15 is 0 Å². The Labute approximate surface area is 202 Å². The minimum atomic E-state index is -2.75. The van der Waals surface area contributed by atoms with Crippen LogP contribution < -0.4 is 15.0 Å². The normalized spacial score (nSPS) is 11.5. The molecular formula is C25H20F2N4O3S. The van der Waals surface area contributed by atoms with E-state index in [1.165, 1.54) is 18.8 Å². The fraction of sp³-hybridized carbons (Fsp3) is 0.160. The topological polar surface area (TPSA) is 71.2 Å². The highest BCUT2D eigenvalue weighted by Gasteiger charge is 2.20. The predicted octanol–water partition coefficient (Wildman–Crippen LogP) is 5.44. The molecule has 10 heteroatoms. The Kier molecular flexibility index (Phi) is 6.12. The number of para-hydroxylation sites is 3. The van der Waals surface area contributed by atoms with Crippen molar-refractivity contribution in [3.05, 3.63) is 82.9 Å². The number of ether oxygens (including phenoxy) is 2. The molecule has 2 aromatic heterocycles. The molecule has 0 atom stereocenters. The van der Waals surface area contributed by atoms with Gasteiger partial charge in [0, 0.05) is 6.07 Å². The van der Waals surface area contributed by atoms with Gasteiger partial charge in [-0.15, -0.1) is 0 Å². The van der Waals surface area contributed by atoms with Gasteiger partial charge in [0.25, 0.3) is 5.56 Å². The Morgan fingerprint density at radius 1 is 0.914 bits per heavy atom. The molecule has 0 bridgehead atoms. The maximum absolute atomic E-state index is 13.9. The van der Waals surface area contributed by atoms with Crippen LogP contribution in [-0.4, -0.2) is 33.3 Å². The van der Waals surface area contributed by atoms with E-state index in [0.29, 0.717) is 44.3 Å². The van der Waals surface area contributed by atoms with E-state index in [1.54, 1.807) is 66.7 Å². The molecule has 2 heterocycles. The Balaban J connectivity index is 1.64. The van der Waals surface area contributed by atoms with Crippen LogP contribution in [0.1, 0.15) is 12.4 Å². The first-order valence-electron chi connectivity index (χ1n) is 10.6. The van der Waals surface area contributed by atoms with Crippen LogP contribution >= 0.6 is 11.8 Å². The third-order valence-corrected chi connectivity index (χ3v) is 6.50. The fourth-order valence-electron chi connectivity index (χ4n) is 3.94. The van der Waals surface area contributed by atoms with Crippen LogP contribution in [0.4, 0.5) is 8.78 Å². The summed E-state index contributed by atoms with van der Waals surface area (Å²) in [5, 5.41) is 0.778. The zero-order chi connectivity index (χ0) is 24.5. The molecule has 0 unspecified atom stereocenters. The quantitative estimate of drug-likeness (QED) is 0.222. The number of aromatic nitrogens is 4. The third-order valence-electron chi connectivity index (χ3n) is 5.56. The molecule has 178 valence electrons. The monoisotopic (exact) mass is 494 g/mol. The molecule has 0 amide bonds. The molecule has 0 saturated heterocycles. The minimum absolute atomic E-state index is 0.0804. The number of nitrogens with zero attached hydrogens (tertiary/aromatic N) is 4. The molecule has 35 heavy (non-hydrogen) atoms. The van der Waals surface area contributed by atoms with Crippen LogP contribution in [0.3, 0.4) is 0 Å². The van der Waals surface area contributed by atoms with E-state index in [9.17, 15) is 13.6 Å². The number of hydrogen-bond acceptors (Lipinski definition) is 6. The summed E-state index contributed by atoms with van der Waals surface area (Å²) in [5.41, 5.74) is 1.57. The first-order valence-corrected chi connectivity index (χ1v) is 11.6. The highest BCUT2D eigenvalue weighted by Crippen LogP contribution is 2.32. The van der Waals surface area contributed by atoms with Gasteiger partial charge in [-0.1, -0.05) is 36.0 Å². The van der Waals surface area contributed by atoms with Gasteiger partial charge in [0.15, 0.2) is 16.7 Å². The van der Waals surface area contributed by atoms with Crippen molar-refractivity contribution in [1.29, 1.82) is 0 Å². The van der Waals surface area contributed by atoms with Gasteiger partial charge in [-0.05, 0) is 36.4 Å². The first kappa shape index (κ1) is 22.9. The molecule has 0 aliphatic rings. The SMILES string of the molecule is COc1ccc(-n2c(SCc3nc4ccccc4n3C(F)F)nc3ccccc3c2=O)cc1OC.